The molecule has 1 aliphatic rings. The third-order valence-corrected chi connectivity index (χ3v) is 3.62. The van der Waals surface area contributed by atoms with Gasteiger partial charge in [-0.2, -0.15) is 0 Å². The number of ketones is 1. The maximum Gasteiger partial charge on any atom is 0.135 e. The molecule has 0 aromatic heterocycles. The lowest BCUT2D eigenvalue weighted by atomic mass is 9.78. The Morgan fingerprint density at radius 1 is 1.06 bits per heavy atom. The summed E-state index contributed by atoms with van der Waals surface area (Å²) in [5.74, 6) is 1.84. The van der Waals surface area contributed by atoms with Gasteiger partial charge in [-0.3, -0.25) is 4.79 Å². The molecule has 0 bridgehead atoms. The fraction of sp³-hybridized carbons (Fsp3) is 0.933. The topological polar surface area (TPSA) is 17.1 Å². The lowest BCUT2D eigenvalue weighted by Crippen LogP contribution is -2.21. The van der Waals surface area contributed by atoms with Gasteiger partial charge < -0.3 is 0 Å². The standard InChI is InChI=1S/C13H24O.C2H6/c1-3-5-6-11-7-9-12(10-8-11)13(14)4-2;1-2/h11-12H,3-10H2,1-2H3;1-2H3. The Morgan fingerprint density at radius 2 is 1.62 bits per heavy atom. The Kier molecular flexibility index (Phi) is 9.66. The van der Waals surface area contributed by atoms with Crippen molar-refractivity contribution >= 4 is 5.78 Å². The summed E-state index contributed by atoms with van der Waals surface area (Å²) in [6.45, 7) is 8.25. The molecule has 0 atom stereocenters. The smallest absolute Gasteiger partial charge is 0.135 e. The molecule has 0 radical (unpaired) electrons. The molecule has 0 unspecified atom stereocenters. The zero-order valence-electron chi connectivity index (χ0n) is 11.7. The second kappa shape index (κ2) is 9.86. The van der Waals surface area contributed by atoms with Gasteiger partial charge in [0, 0.05) is 12.3 Å². The van der Waals surface area contributed by atoms with Crippen molar-refractivity contribution in [3.63, 3.8) is 0 Å². The van der Waals surface area contributed by atoms with Crippen molar-refractivity contribution in [2.45, 2.75) is 79.1 Å². The molecule has 1 fully saturated rings. The van der Waals surface area contributed by atoms with Crippen LogP contribution in [0, 0.1) is 11.8 Å². The number of carbonyl (C=O) groups excluding carboxylic acids is 1. The highest BCUT2D eigenvalue weighted by atomic mass is 16.1. The molecule has 0 amide bonds. The molecule has 1 rings (SSSR count). The molecule has 1 heteroatoms. The van der Waals surface area contributed by atoms with Gasteiger partial charge in [0.25, 0.3) is 0 Å². The highest BCUT2D eigenvalue weighted by Gasteiger charge is 2.24. The Balaban J connectivity index is 0.00000106. The van der Waals surface area contributed by atoms with Crippen LogP contribution in [0.2, 0.25) is 0 Å². The Hall–Kier alpha value is -0.330. The number of Topliss-reactive ketones (excluding diaryl/α,β-unsaturated/α-hetero) is 1. The number of rotatable bonds is 5. The predicted octanol–water partition coefficient (Wildman–Crippen LogP) is 4.99. The van der Waals surface area contributed by atoms with Crippen LogP contribution in [0.15, 0.2) is 0 Å². The van der Waals surface area contributed by atoms with E-state index in [2.05, 4.69) is 6.92 Å². The van der Waals surface area contributed by atoms with E-state index in [4.69, 9.17) is 0 Å². The fourth-order valence-electron chi connectivity index (χ4n) is 2.55. The van der Waals surface area contributed by atoms with Gasteiger partial charge in [-0.15, -0.1) is 0 Å². The largest absolute Gasteiger partial charge is 0.299 e. The van der Waals surface area contributed by atoms with Crippen molar-refractivity contribution in [2.75, 3.05) is 0 Å². The molecule has 0 heterocycles. The van der Waals surface area contributed by atoms with Gasteiger partial charge in [0.2, 0.25) is 0 Å². The van der Waals surface area contributed by atoms with Crippen LogP contribution in [-0.4, -0.2) is 5.78 Å². The van der Waals surface area contributed by atoms with E-state index in [0.29, 0.717) is 11.7 Å². The number of hydrogen-bond donors (Lipinski definition) is 0. The van der Waals surface area contributed by atoms with E-state index in [1.807, 2.05) is 20.8 Å². The van der Waals surface area contributed by atoms with Crippen LogP contribution < -0.4 is 0 Å². The lowest BCUT2D eigenvalue weighted by Gasteiger charge is -2.27. The lowest BCUT2D eigenvalue weighted by molar-refractivity contribution is -0.123. The molecule has 0 aromatic carbocycles. The quantitative estimate of drug-likeness (QED) is 0.645. The van der Waals surface area contributed by atoms with Crippen LogP contribution in [-0.2, 0) is 4.79 Å². The van der Waals surface area contributed by atoms with Crippen LogP contribution in [0.25, 0.3) is 0 Å². The van der Waals surface area contributed by atoms with Crippen molar-refractivity contribution in [1.82, 2.24) is 0 Å². The Labute approximate surface area is 102 Å². The zero-order valence-corrected chi connectivity index (χ0v) is 11.7. The summed E-state index contributed by atoms with van der Waals surface area (Å²) in [5.41, 5.74) is 0. The van der Waals surface area contributed by atoms with Gasteiger partial charge in [0.15, 0.2) is 0 Å². The normalized spacial score (nSPS) is 24.5. The number of unbranched alkanes of at least 4 members (excludes halogenated alkanes) is 1. The van der Waals surface area contributed by atoms with Gasteiger partial charge in [0.05, 0.1) is 0 Å². The summed E-state index contributed by atoms with van der Waals surface area (Å²) in [6.07, 6.45) is 9.76. The van der Waals surface area contributed by atoms with E-state index in [0.717, 1.165) is 12.3 Å². The minimum atomic E-state index is 0.415. The molecule has 1 saturated carbocycles. The molecule has 96 valence electrons. The van der Waals surface area contributed by atoms with Crippen LogP contribution in [0.1, 0.15) is 79.1 Å². The first-order chi connectivity index (χ1) is 7.77. The van der Waals surface area contributed by atoms with Crippen molar-refractivity contribution in [1.29, 1.82) is 0 Å². The summed E-state index contributed by atoms with van der Waals surface area (Å²) in [5, 5.41) is 0. The van der Waals surface area contributed by atoms with E-state index >= 15 is 0 Å². The van der Waals surface area contributed by atoms with Gasteiger partial charge >= 0.3 is 0 Å². The maximum atomic E-state index is 11.5. The van der Waals surface area contributed by atoms with E-state index in [9.17, 15) is 4.79 Å². The first-order valence-electron chi connectivity index (χ1n) is 7.30. The van der Waals surface area contributed by atoms with Crippen molar-refractivity contribution in [2.24, 2.45) is 11.8 Å². The molecule has 0 aliphatic heterocycles. The average Bonchev–Trinajstić information content (AvgIpc) is 2.38. The SMILES string of the molecule is CC.CCCCC1CCC(C(=O)CC)CC1. The summed E-state index contributed by atoms with van der Waals surface area (Å²) >= 11 is 0. The Morgan fingerprint density at radius 3 is 2.06 bits per heavy atom. The summed E-state index contributed by atoms with van der Waals surface area (Å²) in [6, 6.07) is 0. The highest BCUT2D eigenvalue weighted by molar-refractivity contribution is 5.80. The maximum absolute atomic E-state index is 11.5. The third kappa shape index (κ3) is 5.67. The van der Waals surface area contributed by atoms with Gasteiger partial charge in [-0.25, -0.2) is 0 Å². The van der Waals surface area contributed by atoms with Crippen molar-refractivity contribution < 1.29 is 4.79 Å². The summed E-state index contributed by atoms with van der Waals surface area (Å²) in [7, 11) is 0. The van der Waals surface area contributed by atoms with Crippen LogP contribution in [0.5, 0.6) is 0 Å². The molecular weight excluding hydrogens is 196 g/mol. The minimum Gasteiger partial charge on any atom is -0.299 e. The second-order valence-corrected chi connectivity index (χ2v) is 4.68. The molecule has 0 spiro atoms. The van der Waals surface area contributed by atoms with Gasteiger partial charge in [0.1, 0.15) is 5.78 Å². The average molecular weight is 226 g/mol. The number of carbonyl (C=O) groups is 1. The molecule has 1 aliphatic carbocycles. The predicted molar refractivity (Wildman–Crippen MR) is 71.6 cm³/mol. The molecule has 1 nitrogen and oxygen atoms in total. The minimum absolute atomic E-state index is 0.415. The first-order valence-corrected chi connectivity index (χ1v) is 7.30. The van der Waals surface area contributed by atoms with E-state index < -0.39 is 0 Å². The highest BCUT2D eigenvalue weighted by Crippen LogP contribution is 2.32. The van der Waals surface area contributed by atoms with Crippen molar-refractivity contribution in [3.8, 4) is 0 Å². The molecule has 0 saturated heterocycles. The fourth-order valence-corrected chi connectivity index (χ4v) is 2.55. The molecule has 0 aromatic rings. The van der Waals surface area contributed by atoms with E-state index in [-0.39, 0.29) is 0 Å². The zero-order chi connectivity index (χ0) is 12.4. The molecular formula is C15H30O. The summed E-state index contributed by atoms with van der Waals surface area (Å²) in [4.78, 5) is 11.5. The first kappa shape index (κ1) is 15.7. The monoisotopic (exact) mass is 226 g/mol. The van der Waals surface area contributed by atoms with E-state index in [1.54, 1.807) is 0 Å². The molecule has 16 heavy (non-hydrogen) atoms. The molecule has 0 N–H and O–H groups in total. The van der Waals surface area contributed by atoms with Gasteiger partial charge in [-0.1, -0.05) is 47.0 Å². The number of hydrogen-bond acceptors (Lipinski definition) is 1. The Bertz CT molecular complexity index is 166. The van der Waals surface area contributed by atoms with Crippen LogP contribution in [0.4, 0.5) is 0 Å². The van der Waals surface area contributed by atoms with E-state index in [1.165, 1.54) is 44.9 Å². The van der Waals surface area contributed by atoms with Gasteiger partial charge in [-0.05, 0) is 31.6 Å². The van der Waals surface area contributed by atoms with Crippen molar-refractivity contribution in [3.05, 3.63) is 0 Å². The van der Waals surface area contributed by atoms with Crippen LogP contribution in [0.3, 0.4) is 0 Å². The second-order valence-electron chi connectivity index (χ2n) is 4.68. The van der Waals surface area contributed by atoms with Crippen LogP contribution >= 0.6 is 0 Å². The summed E-state index contributed by atoms with van der Waals surface area (Å²) < 4.78 is 0. The third-order valence-electron chi connectivity index (χ3n) is 3.62.